The molecule has 2 aromatic carbocycles. The molecule has 0 aliphatic carbocycles. The van der Waals surface area contributed by atoms with Crippen LogP contribution in [0, 0.1) is 11.3 Å². The number of anilines is 1. The van der Waals surface area contributed by atoms with E-state index in [1.54, 1.807) is 6.20 Å². The molecule has 2 N–H and O–H groups in total. The van der Waals surface area contributed by atoms with Gasteiger partial charge in [0.05, 0.1) is 41.6 Å². The van der Waals surface area contributed by atoms with Gasteiger partial charge in [-0.05, 0) is 54.8 Å². The molecule has 4 aromatic rings. The highest BCUT2D eigenvalue weighted by Gasteiger charge is 2.48. The second-order valence-corrected chi connectivity index (χ2v) is 10.6. The zero-order valence-electron chi connectivity index (χ0n) is 20.7. The van der Waals surface area contributed by atoms with Crippen LogP contribution in [0.25, 0.3) is 22.2 Å². The number of aromatic nitrogens is 3. The van der Waals surface area contributed by atoms with E-state index in [-0.39, 0.29) is 11.9 Å². The van der Waals surface area contributed by atoms with Gasteiger partial charge in [0.2, 0.25) is 0 Å². The van der Waals surface area contributed by atoms with Crippen LogP contribution in [0.15, 0.2) is 66.9 Å². The molecule has 2 fully saturated rings. The number of carbonyl (C=O) groups excluding carboxylic acids is 1. The Morgan fingerprint density at radius 2 is 1.92 bits per heavy atom. The molecule has 2 saturated heterocycles. The molecule has 1 unspecified atom stereocenters. The van der Waals surface area contributed by atoms with Gasteiger partial charge in [-0.15, -0.1) is 0 Å². The van der Waals surface area contributed by atoms with Crippen LogP contribution in [0.2, 0.25) is 0 Å². The molecule has 36 heavy (non-hydrogen) atoms. The lowest BCUT2D eigenvalue weighted by atomic mass is 9.78. The van der Waals surface area contributed by atoms with Gasteiger partial charge in [0.15, 0.2) is 0 Å². The molecule has 2 aliphatic rings. The molecule has 184 valence electrons. The largest absolute Gasteiger partial charge is 0.380 e. The van der Waals surface area contributed by atoms with Crippen molar-refractivity contribution in [3.05, 3.63) is 78.1 Å². The molecule has 4 heterocycles. The van der Waals surface area contributed by atoms with Gasteiger partial charge < -0.3 is 15.0 Å². The molecule has 0 radical (unpaired) electrons. The molecular formula is C29H31N5O2. The highest BCUT2D eigenvalue weighted by Crippen LogP contribution is 2.40. The summed E-state index contributed by atoms with van der Waals surface area (Å²) in [6.45, 7) is 8.20. The van der Waals surface area contributed by atoms with E-state index in [0.29, 0.717) is 16.9 Å². The Labute approximate surface area is 210 Å². The molecule has 1 atom stereocenters. The summed E-state index contributed by atoms with van der Waals surface area (Å²) in [5.41, 5.74) is 5.88. The number of rotatable bonds is 7. The molecule has 2 aromatic heterocycles. The van der Waals surface area contributed by atoms with Gasteiger partial charge in [0.25, 0.3) is 5.91 Å². The Balaban J connectivity index is 1.22. The van der Waals surface area contributed by atoms with Crippen molar-refractivity contribution in [2.45, 2.75) is 26.3 Å². The number of amides is 1. The topological polar surface area (TPSA) is 83.1 Å². The summed E-state index contributed by atoms with van der Waals surface area (Å²) >= 11 is 0. The van der Waals surface area contributed by atoms with Crippen LogP contribution in [0.3, 0.4) is 0 Å². The van der Waals surface area contributed by atoms with Crippen molar-refractivity contribution in [2.24, 2.45) is 11.3 Å². The number of hydrogen-bond acceptors (Lipinski definition) is 5. The third-order valence-electron chi connectivity index (χ3n) is 7.26. The van der Waals surface area contributed by atoms with Crippen LogP contribution in [-0.2, 0) is 4.74 Å². The van der Waals surface area contributed by atoms with Crippen molar-refractivity contribution >= 4 is 22.5 Å². The average molecular weight is 482 g/mol. The van der Waals surface area contributed by atoms with Gasteiger partial charge in [-0.25, -0.2) is 0 Å². The van der Waals surface area contributed by atoms with Crippen LogP contribution >= 0.6 is 0 Å². The number of carbonyl (C=O) groups is 1. The van der Waals surface area contributed by atoms with E-state index < -0.39 is 0 Å². The SMILES string of the molecule is CC(C)CC(NC(=O)c1ccc2[nH]nc(-c3ccc(N4CC5(COC5)C4)cc3)c2c1)c1ccccn1. The minimum Gasteiger partial charge on any atom is -0.380 e. The lowest BCUT2D eigenvalue weighted by molar-refractivity contribution is -0.127. The first-order chi connectivity index (χ1) is 17.5. The number of nitrogens with zero attached hydrogens (tertiary/aromatic N) is 3. The van der Waals surface area contributed by atoms with Crippen LogP contribution < -0.4 is 10.2 Å². The van der Waals surface area contributed by atoms with Gasteiger partial charge in [-0.2, -0.15) is 5.10 Å². The standard InChI is InChI=1S/C29H31N5O2/c1-19(2)13-26(25-5-3-4-12-30-25)31-28(35)21-8-11-24-23(14-21)27(33-32-24)20-6-9-22(10-7-20)34-15-29(16-34)17-36-18-29/h3-12,14,19,26H,13,15-18H2,1-2H3,(H,31,35)(H,32,33). The first-order valence-corrected chi connectivity index (χ1v) is 12.6. The predicted octanol–water partition coefficient (Wildman–Crippen LogP) is 4.98. The van der Waals surface area contributed by atoms with Gasteiger partial charge in [-0.3, -0.25) is 14.9 Å². The summed E-state index contributed by atoms with van der Waals surface area (Å²) in [5.74, 6) is 0.314. The van der Waals surface area contributed by atoms with E-state index in [9.17, 15) is 4.79 Å². The fraction of sp³-hybridized carbons (Fsp3) is 0.345. The molecular weight excluding hydrogens is 450 g/mol. The van der Waals surface area contributed by atoms with Crippen molar-refractivity contribution in [1.29, 1.82) is 0 Å². The summed E-state index contributed by atoms with van der Waals surface area (Å²) in [6, 6.07) is 19.9. The van der Waals surface area contributed by atoms with Crippen molar-refractivity contribution in [3.63, 3.8) is 0 Å². The van der Waals surface area contributed by atoms with Crippen LogP contribution in [0.5, 0.6) is 0 Å². The lowest BCUT2D eigenvalue weighted by Gasteiger charge is -2.56. The second-order valence-electron chi connectivity index (χ2n) is 10.6. The fourth-order valence-electron chi connectivity index (χ4n) is 5.27. The highest BCUT2D eigenvalue weighted by atomic mass is 16.5. The Bertz CT molecular complexity index is 1370. The zero-order chi connectivity index (χ0) is 24.7. The van der Waals surface area contributed by atoms with E-state index in [0.717, 1.165) is 60.6 Å². The maximum absolute atomic E-state index is 13.3. The monoisotopic (exact) mass is 481 g/mol. The summed E-state index contributed by atoms with van der Waals surface area (Å²) < 4.78 is 5.39. The lowest BCUT2D eigenvalue weighted by Crippen LogP contribution is -2.66. The molecule has 6 rings (SSSR count). The number of pyridine rings is 1. The molecule has 2 aliphatic heterocycles. The smallest absolute Gasteiger partial charge is 0.251 e. The first kappa shape index (κ1) is 22.7. The van der Waals surface area contributed by atoms with Gasteiger partial charge >= 0.3 is 0 Å². The number of H-pyrrole nitrogens is 1. The number of benzene rings is 2. The molecule has 0 saturated carbocycles. The zero-order valence-corrected chi connectivity index (χ0v) is 20.7. The Morgan fingerprint density at radius 3 is 2.58 bits per heavy atom. The van der Waals surface area contributed by atoms with Gasteiger partial charge in [-0.1, -0.05) is 32.0 Å². The number of aromatic amines is 1. The van der Waals surface area contributed by atoms with Crippen molar-refractivity contribution < 1.29 is 9.53 Å². The number of ether oxygens (including phenoxy) is 1. The third kappa shape index (κ3) is 4.24. The van der Waals surface area contributed by atoms with Crippen LogP contribution in [-0.4, -0.2) is 47.4 Å². The van der Waals surface area contributed by atoms with Crippen LogP contribution in [0.4, 0.5) is 5.69 Å². The van der Waals surface area contributed by atoms with E-state index in [4.69, 9.17) is 4.74 Å². The van der Waals surface area contributed by atoms with Crippen molar-refractivity contribution in [1.82, 2.24) is 20.5 Å². The van der Waals surface area contributed by atoms with E-state index in [1.807, 2.05) is 36.4 Å². The maximum Gasteiger partial charge on any atom is 0.251 e. The van der Waals surface area contributed by atoms with Gasteiger partial charge in [0, 0.05) is 41.5 Å². The molecule has 0 bridgehead atoms. The van der Waals surface area contributed by atoms with E-state index in [2.05, 4.69) is 63.5 Å². The summed E-state index contributed by atoms with van der Waals surface area (Å²) in [5, 5.41) is 11.8. The number of nitrogens with one attached hydrogen (secondary N) is 2. The van der Waals surface area contributed by atoms with E-state index >= 15 is 0 Å². The predicted molar refractivity (Wildman–Crippen MR) is 141 cm³/mol. The normalized spacial score (nSPS) is 17.1. The molecule has 7 nitrogen and oxygen atoms in total. The molecule has 1 spiro atoms. The van der Waals surface area contributed by atoms with Crippen LogP contribution in [0.1, 0.15) is 42.4 Å². The second kappa shape index (κ2) is 9.06. The third-order valence-corrected chi connectivity index (χ3v) is 7.26. The number of hydrogen-bond donors (Lipinski definition) is 2. The summed E-state index contributed by atoms with van der Waals surface area (Å²) in [6.07, 6.45) is 2.59. The molecule has 7 heteroatoms. The summed E-state index contributed by atoms with van der Waals surface area (Å²) in [7, 11) is 0. The average Bonchev–Trinajstić information content (AvgIpc) is 3.26. The minimum absolute atomic E-state index is 0.109. The molecule has 1 amide bonds. The fourth-order valence-corrected chi connectivity index (χ4v) is 5.27. The van der Waals surface area contributed by atoms with E-state index in [1.165, 1.54) is 5.69 Å². The summed E-state index contributed by atoms with van der Waals surface area (Å²) in [4.78, 5) is 20.2. The number of fused-ring (bicyclic) bond motifs is 1. The maximum atomic E-state index is 13.3. The Hall–Kier alpha value is -3.71. The minimum atomic E-state index is -0.141. The van der Waals surface area contributed by atoms with Crippen molar-refractivity contribution in [3.8, 4) is 11.3 Å². The Kier molecular flexibility index (Phi) is 5.72. The highest BCUT2D eigenvalue weighted by molar-refractivity contribution is 6.01. The van der Waals surface area contributed by atoms with Crippen molar-refractivity contribution in [2.75, 3.05) is 31.2 Å². The quantitative estimate of drug-likeness (QED) is 0.389. The Morgan fingerprint density at radius 1 is 1.11 bits per heavy atom. The first-order valence-electron chi connectivity index (χ1n) is 12.6. The van der Waals surface area contributed by atoms with Gasteiger partial charge in [0.1, 0.15) is 0 Å².